The zero-order chi connectivity index (χ0) is 21.5. The van der Waals surface area contributed by atoms with Gasteiger partial charge in [0.05, 0.1) is 0 Å². The number of hydrogen-bond acceptors (Lipinski definition) is 3. The summed E-state index contributed by atoms with van der Waals surface area (Å²) in [5.74, 6) is -0.555. The molecule has 0 aliphatic carbocycles. The number of aryl methyl sites for hydroxylation is 1. The van der Waals surface area contributed by atoms with Crippen LogP contribution in [0, 0.1) is 24.1 Å². The van der Waals surface area contributed by atoms with Crippen LogP contribution in [-0.4, -0.2) is 5.91 Å². The maximum absolute atomic E-state index is 13.9. The fourth-order valence-corrected chi connectivity index (χ4v) is 2.94. The Balaban J connectivity index is 1.84. The summed E-state index contributed by atoms with van der Waals surface area (Å²) in [5.41, 5.74) is 2.28. The molecule has 3 aromatic carbocycles. The number of benzene rings is 3. The smallest absolute Gasteiger partial charge is 0.266 e. The van der Waals surface area contributed by atoms with Gasteiger partial charge in [-0.25, -0.2) is 4.39 Å². The van der Waals surface area contributed by atoms with Gasteiger partial charge in [-0.05, 0) is 55.0 Å². The average molecular weight is 421 g/mol. The van der Waals surface area contributed by atoms with Crippen molar-refractivity contribution in [3.8, 4) is 11.8 Å². The number of halogens is 2. The predicted octanol–water partition coefficient (Wildman–Crippen LogP) is 5.91. The van der Waals surface area contributed by atoms with E-state index in [1.807, 2.05) is 25.1 Å². The van der Waals surface area contributed by atoms with Crippen LogP contribution in [0.15, 0.2) is 72.3 Å². The Labute approximate surface area is 179 Å². The number of hydrogen-bond donors (Lipinski definition) is 1. The first-order valence-corrected chi connectivity index (χ1v) is 9.49. The fraction of sp³-hybridized carbons (Fsp3) is 0.0833. The Morgan fingerprint density at radius 1 is 1.17 bits per heavy atom. The molecule has 4 nitrogen and oxygen atoms in total. The van der Waals surface area contributed by atoms with Crippen molar-refractivity contribution in [2.45, 2.75) is 13.5 Å². The van der Waals surface area contributed by atoms with E-state index in [0.29, 0.717) is 27.6 Å². The van der Waals surface area contributed by atoms with Gasteiger partial charge in [0, 0.05) is 21.8 Å². The largest absolute Gasteiger partial charge is 0.488 e. The summed E-state index contributed by atoms with van der Waals surface area (Å²) in [6.45, 7) is 1.90. The van der Waals surface area contributed by atoms with E-state index in [1.165, 1.54) is 12.1 Å². The van der Waals surface area contributed by atoms with Crippen LogP contribution in [0.4, 0.5) is 10.1 Å². The normalized spacial score (nSPS) is 10.9. The minimum Gasteiger partial charge on any atom is -0.488 e. The molecular weight excluding hydrogens is 403 g/mol. The summed E-state index contributed by atoms with van der Waals surface area (Å²) < 4.78 is 19.6. The molecule has 30 heavy (non-hydrogen) atoms. The first-order valence-electron chi connectivity index (χ1n) is 9.12. The SMILES string of the molecule is Cc1cccc(NC(=O)/C(C#N)=C/c2cc(Cl)ccc2OCc2ccccc2F)c1. The van der Waals surface area contributed by atoms with Gasteiger partial charge < -0.3 is 10.1 Å². The molecule has 3 aromatic rings. The van der Waals surface area contributed by atoms with Gasteiger partial charge in [-0.2, -0.15) is 5.26 Å². The molecule has 0 bridgehead atoms. The maximum atomic E-state index is 13.9. The number of rotatable bonds is 6. The van der Waals surface area contributed by atoms with Crippen molar-refractivity contribution in [1.29, 1.82) is 5.26 Å². The summed E-state index contributed by atoms with van der Waals surface area (Å²) in [6.07, 6.45) is 1.40. The molecule has 0 saturated heterocycles. The van der Waals surface area contributed by atoms with Gasteiger partial charge in [0.15, 0.2) is 0 Å². The Morgan fingerprint density at radius 3 is 2.70 bits per heavy atom. The minimum atomic E-state index is -0.553. The Hall–Kier alpha value is -3.62. The monoisotopic (exact) mass is 420 g/mol. The molecule has 1 N–H and O–H groups in total. The van der Waals surface area contributed by atoms with Crippen molar-refractivity contribution in [3.63, 3.8) is 0 Å². The first kappa shape index (κ1) is 21.1. The number of anilines is 1. The van der Waals surface area contributed by atoms with Crippen LogP contribution in [0.1, 0.15) is 16.7 Å². The number of amides is 1. The number of ether oxygens (including phenoxy) is 1. The lowest BCUT2D eigenvalue weighted by molar-refractivity contribution is -0.112. The van der Waals surface area contributed by atoms with Crippen molar-refractivity contribution in [2.75, 3.05) is 5.32 Å². The molecule has 6 heteroatoms. The van der Waals surface area contributed by atoms with Gasteiger partial charge in [0.2, 0.25) is 0 Å². The Morgan fingerprint density at radius 2 is 1.97 bits per heavy atom. The lowest BCUT2D eigenvalue weighted by Gasteiger charge is -2.11. The minimum absolute atomic E-state index is 0.00742. The summed E-state index contributed by atoms with van der Waals surface area (Å²) in [7, 11) is 0. The van der Waals surface area contributed by atoms with Crippen molar-refractivity contribution < 1.29 is 13.9 Å². The second-order valence-electron chi connectivity index (χ2n) is 6.56. The molecule has 0 heterocycles. The maximum Gasteiger partial charge on any atom is 0.266 e. The average Bonchev–Trinajstić information content (AvgIpc) is 2.72. The highest BCUT2D eigenvalue weighted by Gasteiger charge is 2.13. The van der Waals surface area contributed by atoms with Crippen LogP contribution in [0.3, 0.4) is 0 Å². The Kier molecular flexibility index (Phi) is 6.84. The molecule has 3 rings (SSSR count). The fourth-order valence-electron chi connectivity index (χ4n) is 2.76. The van der Waals surface area contributed by atoms with E-state index in [0.717, 1.165) is 5.56 Å². The lowest BCUT2D eigenvalue weighted by atomic mass is 10.1. The molecule has 0 unspecified atom stereocenters. The second kappa shape index (κ2) is 9.73. The molecule has 0 aliphatic rings. The topological polar surface area (TPSA) is 62.1 Å². The number of nitrogens with zero attached hydrogens (tertiary/aromatic N) is 1. The van der Waals surface area contributed by atoms with E-state index in [1.54, 1.807) is 48.5 Å². The summed E-state index contributed by atoms with van der Waals surface area (Å²) in [4.78, 5) is 12.6. The number of nitriles is 1. The number of nitrogens with one attached hydrogen (secondary N) is 1. The van der Waals surface area contributed by atoms with Gasteiger partial charge in [-0.1, -0.05) is 41.9 Å². The molecule has 1 amide bonds. The molecule has 0 spiro atoms. The van der Waals surface area contributed by atoms with Gasteiger partial charge in [0.25, 0.3) is 5.91 Å². The molecule has 0 aromatic heterocycles. The molecule has 0 fully saturated rings. The van der Waals surface area contributed by atoms with E-state index < -0.39 is 5.91 Å². The van der Waals surface area contributed by atoms with E-state index in [4.69, 9.17) is 16.3 Å². The third-order valence-corrected chi connectivity index (χ3v) is 4.49. The molecular formula is C24H18ClFN2O2. The molecule has 0 atom stereocenters. The van der Waals surface area contributed by atoms with Crippen molar-refractivity contribution in [3.05, 3.63) is 99.8 Å². The zero-order valence-electron chi connectivity index (χ0n) is 16.2. The quantitative estimate of drug-likeness (QED) is 0.398. The highest BCUT2D eigenvalue weighted by atomic mass is 35.5. The number of carbonyl (C=O) groups excluding carboxylic acids is 1. The standard InChI is InChI=1S/C24H18ClFN2O2/c1-16-5-4-7-21(11-16)28-24(29)19(14-27)12-18-13-20(25)9-10-23(18)30-15-17-6-2-3-8-22(17)26/h2-13H,15H2,1H3,(H,28,29)/b19-12+. The summed E-state index contributed by atoms with van der Waals surface area (Å²) >= 11 is 6.08. The van der Waals surface area contributed by atoms with Crippen LogP contribution in [0.25, 0.3) is 6.08 Å². The highest BCUT2D eigenvalue weighted by molar-refractivity contribution is 6.30. The van der Waals surface area contributed by atoms with E-state index in [9.17, 15) is 14.4 Å². The van der Waals surface area contributed by atoms with Crippen molar-refractivity contribution in [1.82, 2.24) is 0 Å². The third kappa shape index (κ3) is 5.47. The van der Waals surface area contributed by atoms with Gasteiger partial charge in [-0.15, -0.1) is 0 Å². The van der Waals surface area contributed by atoms with E-state index >= 15 is 0 Å². The molecule has 0 radical (unpaired) electrons. The first-order chi connectivity index (χ1) is 14.5. The van der Waals surface area contributed by atoms with E-state index in [-0.39, 0.29) is 18.0 Å². The molecule has 0 saturated carbocycles. The third-order valence-electron chi connectivity index (χ3n) is 4.25. The zero-order valence-corrected chi connectivity index (χ0v) is 16.9. The van der Waals surface area contributed by atoms with Crippen LogP contribution >= 0.6 is 11.6 Å². The van der Waals surface area contributed by atoms with Crippen LogP contribution in [-0.2, 0) is 11.4 Å². The van der Waals surface area contributed by atoms with Gasteiger partial charge in [-0.3, -0.25) is 4.79 Å². The molecule has 150 valence electrons. The number of carbonyl (C=O) groups is 1. The van der Waals surface area contributed by atoms with Crippen LogP contribution in [0.2, 0.25) is 5.02 Å². The van der Waals surface area contributed by atoms with Gasteiger partial charge in [0.1, 0.15) is 29.8 Å². The van der Waals surface area contributed by atoms with Crippen molar-refractivity contribution in [2.24, 2.45) is 0 Å². The Bertz CT molecular complexity index is 1150. The lowest BCUT2D eigenvalue weighted by Crippen LogP contribution is -2.13. The highest BCUT2D eigenvalue weighted by Crippen LogP contribution is 2.27. The van der Waals surface area contributed by atoms with Gasteiger partial charge >= 0.3 is 0 Å². The van der Waals surface area contributed by atoms with Crippen molar-refractivity contribution >= 4 is 29.3 Å². The summed E-state index contributed by atoms with van der Waals surface area (Å²) in [5, 5.41) is 12.6. The second-order valence-corrected chi connectivity index (χ2v) is 6.99. The predicted molar refractivity (Wildman–Crippen MR) is 116 cm³/mol. The molecule has 0 aliphatic heterocycles. The van der Waals surface area contributed by atoms with E-state index in [2.05, 4.69) is 5.32 Å². The van der Waals surface area contributed by atoms with Crippen LogP contribution in [0.5, 0.6) is 5.75 Å². The summed E-state index contributed by atoms with van der Waals surface area (Å²) in [6, 6.07) is 20.3. The van der Waals surface area contributed by atoms with Crippen LogP contribution < -0.4 is 10.1 Å².